The number of thioether (sulfide) groups is 1. The molecule has 1 fully saturated rings. The number of nitrogens with zero attached hydrogens (tertiary/aromatic N) is 1. The average molecular weight is 240 g/mol. The summed E-state index contributed by atoms with van der Waals surface area (Å²) in [6.45, 7) is 3.28. The fraction of sp³-hybridized carbons (Fsp3) is 0.923. The smallest absolute Gasteiger partial charge is 0.157 e. The fourth-order valence-corrected chi connectivity index (χ4v) is 3.50. The molecule has 0 spiro atoms. The molecule has 1 heterocycles. The van der Waals surface area contributed by atoms with Crippen LogP contribution in [0.3, 0.4) is 0 Å². The van der Waals surface area contributed by atoms with Gasteiger partial charge in [0.1, 0.15) is 0 Å². The van der Waals surface area contributed by atoms with Crippen LogP contribution in [0.2, 0.25) is 0 Å². The maximum absolute atomic E-state index is 4.60. The van der Waals surface area contributed by atoms with Gasteiger partial charge >= 0.3 is 0 Å². The zero-order valence-corrected chi connectivity index (χ0v) is 11.2. The van der Waals surface area contributed by atoms with Crippen molar-refractivity contribution in [1.82, 2.24) is 5.32 Å². The maximum Gasteiger partial charge on any atom is 0.157 e. The van der Waals surface area contributed by atoms with Crippen molar-refractivity contribution in [3.8, 4) is 0 Å². The van der Waals surface area contributed by atoms with Gasteiger partial charge in [0, 0.05) is 11.3 Å². The molecule has 0 radical (unpaired) electrons. The van der Waals surface area contributed by atoms with Gasteiger partial charge in [0.2, 0.25) is 0 Å². The van der Waals surface area contributed by atoms with Crippen LogP contribution in [-0.4, -0.2) is 23.0 Å². The molecule has 0 bridgehead atoms. The van der Waals surface area contributed by atoms with E-state index in [1.54, 1.807) is 0 Å². The molecule has 0 aromatic rings. The molecular weight excluding hydrogens is 216 g/mol. The molecule has 0 aromatic heterocycles. The van der Waals surface area contributed by atoms with Crippen LogP contribution >= 0.6 is 11.8 Å². The van der Waals surface area contributed by atoms with Gasteiger partial charge in [0.15, 0.2) is 5.17 Å². The lowest BCUT2D eigenvalue weighted by molar-refractivity contribution is 0.430. The van der Waals surface area contributed by atoms with E-state index in [4.69, 9.17) is 0 Å². The van der Waals surface area contributed by atoms with Crippen LogP contribution in [0.15, 0.2) is 4.99 Å². The highest BCUT2D eigenvalue weighted by Gasteiger charge is 2.20. The third-order valence-electron chi connectivity index (χ3n) is 3.60. The quantitative estimate of drug-likeness (QED) is 0.798. The first-order chi connectivity index (χ1) is 7.88. The Kier molecular flexibility index (Phi) is 5.01. The van der Waals surface area contributed by atoms with Crippen LogP contribution in [0.1, 0.15) is 58.3 Å². The van der Waals surface area contributed by atoms with Crippen molar-refractivity contribution in [2.75, 3.05) is 6.54 Å². The summed E-state index contributed by atoms with van der Waals surface area (Å²) in [6, 6.07) is 0.696. The monoisotopic (exact) mass is 240 g/mol. The Hall–Kier alpha value is -0.180. The predicted octanol–water partition coefficient (Wildman–Crippen LogP) is 3.57. The Labute approximate surface area is 104 Å². The van der Waals surface area contributed by atoms with Crippen molar-refractivity contribution in [2.24, 2.45) is 4.99 Å². The lowest BCUT2D eigenvalue weighted by Crippen LogP contribution is -2.33. The Morgan fingerprint density at radius 2 is 1.88 bits per heavy atom. The third kappa shape index (κ3) is 3.69. The van der Waals surface area contributed by atoms with E-state index in [2.05, 4.69) is 17.2 Å². The van der Waals surface area contributed by atoms with E-state index in [1.165, 1.54) is 56.5 Å². The fourth-order valence-electron chi connectivity index (χ4n) is 2.48. The molecule has 1 N–H and O–H groups in total. The van der Waals surface area contributed by atoms with Gasteiger partial charge in [-0.2, -0.15) is 0 Å². The highest BCUT2D eigenvalue weighted by Crippen LogP contribution is 2.24. The molecule has 1 aliphatic heterocycles. The van der Waals surface area contributed by atoms with Crippen molar-refractivity contribution >= 4 is 16.9 Å². The van der Waals surface area contributed by atoms with E-state index in [0.717, 1.165) is 11.8 Å². The zero-order chi connectivity index (χ0) is 11.2. The van der Waals surface area contributed by atoms with Gasteiger partial charge in [-0.25, -0.2) is 0 Å². The molecule has 3 heteroatoms. The number of nitrogens with one attached hydrogen (secondary N) is 1. The molecule has 92 valence electrons. The Morgan fingerprint density at radius 1 is 1.19 bits per heavy atom. The molecule has 0 aromatic carbocycles. The molecule has 2 nitrogen and oxygen atoms in total. The minimum atomic E-state index is 0.696. The molecule has 2 rings (SSSR count). The Morgan fingerprint density at radius 3 is 2.50 bits per heavy atom. The Bertz CT molecular complexity index is 232. The van der Waals surface area contributed by atoms with Crippen LogP contribution in [-0.2, 0) is 0 Å². The molecular formula is C13H24N2S. The molecule has 0 saturated heterocycles. The summed E-state index contributed by atoms with van der Waals surface area (Å²) in [7, 11) is 0. The summed E-state index contributed by atoms with van der Waals surface area (Å²) in [5.74, 6) is 0. The van der Waals surface area contributed by atoms with Crippen LogP contribution in [0.25, 0.3) is 0 Å². The van der Waals surface area contributed by atoms with Gasteiger partial charge in [-0.1, -0.05) is 50.8 Å². The summed E-state index contributed by atoms with van der Waals surface area (Å²) < 4.78 is 0. The lowest BCUT2D eigenvalue weighted by Gasteiger charge is -2.21. The minimum Gasteiger partial charge on any atom is -0.362 e. The van der Waals surface area contributed by atoms with Gasteiger partial charge in [0.25, 0.3) is 0 Å². The third-order valence-corrected chi connectivity index (χ3v) is 4.89. The standard InChI is InChI=1S/C13H24N2S/c1-2-12-10-14-13(16-12)15-11-8-6-4-3-5-7-9-11/h11-12H,2-10H2,1H3,(H,14,15). The second-order valence-electron chi connectivity index (χ2n) is 4.98. The first-order valence-corrected chi connectivity index (χ1v) is 7.74. The number of aliphatic imine (C=N–C) groups is 1. The number of amidine groups is 1. The normalized spacial score (nSPS) is 28.3. The summed E-state index contributed by atoms with van der Waals surface area (Å²) >= 11 is 1.96. The van der Waals surface area contributed by atoms with Gasteiger partial charge in [-0.05, 0) is 19.3 Å². The summed E-state index contributed by atoms with van der Waals surface area (Å²) in [5, 5.41) is 5.62. The van der Waals surface area contributed by atoms with Gasteiger partial charge in [0.05, 0.1) is 6.54 Å². The molecule has 2 aliphatic rings. The lowest BCUT2D eigenvalue weighted by atomic mass is 9.97. The van der Waals surface area contributed by atoms with Crippen LogP contribution in [0.5, 0.6) is 0 Å². The summed E-state index contributed by atoms with van der Waals surface area (Å²) in [6.07, 6.45) is 11.0. The Balaban J connectivity index is 1.75. The molecule has 1 saturated carbocycles. The zero-order valence-electron chi connectivity index (χ0n) is 10.4. The first-order valence-electron chi connectivity index (χ1n) is 6.86. The van der Waals surface area contributed by atoms with E-state index < -0.39 is 0 Å². The van der Waals surface area contributed by atoms with Gasteiger partial charge < -0.3 is 5.32 Å². The van der Waals surface area contributed by atoms with E-state index >= 15 is 0 Å². The van der Waals surface area contributed by atoms with E-state index in [-0.39, 0.29) is 0 Å². The van der Waals surface area contributed by atoms with E-state index in [0.29, 0.717) is 6.04 Å². The molecule has 1 atom stereocenters. The molecule has 16 heavy (non-hydrogen) atoms. The SMILES string of the molecule is CCC1CN=C(NC2CCCCCCC2)S1. The predicted molar refractivity (Wildman–Crippen MR) is 73.2 cm³/mol. The summed E-state index contributed by atoms with van der Waals surface area (Å²) in [4.78, 5) is 4.60. The number of hydrogen-bond acceptors (Lipinski definition) is 3. The van der Waals surface area contributed by atoms with Gasteiger partial charge in [-0.15, -0.1) is 0 Å². The van der Waals surface area contributed by atoms with Crippen molar-refractivity contribution in [2.45, 2.75) is 69.6 Å². The summed E-state index contributed by atoms with van der Waals surface area (Å²) in [5.41, 5.74) is 0. The van der Waals surface area contributed by atoms with Crippen molar-refractivity contribution < 1.29 is 0 Å². The van der Waals surface area contributed by atoms with E-state index in [9.17, 15) is 0 Å². The minimum absolute atomic E-state index is 0.696. The number of hydrogen-bond donors (Lipinski definition) is 1. The highest BCUT2D eigenvalue weighted by atomic mass is 32.2. The highest BCUT2D eigenvalue weighted by molar-refractivity contribution is 8.14. The van der Waals surface area contributed by atoms with Crippen molar-refractivity contribution in [3.05, 3.63) is 0 Å². The molecule has 0 amide bonds. The first kappa shape index (κ1) is 12.3. The molecule has 1 unspecified atom stereocenters. The topological polar surface area (TPSA) is 24.4 Å². The average Bonchev–Trinajstić information content (AvgIpc) is 2.69. The molecule has 1 aliphatic carbocycles. The van der Waals surface area contributed by atoms with Crippen molar-refractivity contribution in [3.63, 3.8) is 0 Å². The van der Waals surface area contributed by atoms with Crippen molar-refractivity contribution in [1.29, 1.82) is 0 Å². The second kappa shape index (κ2) is 6.53. The maximum atomic E-state index is 4.60. The van der Waals surface area contributed by atoms with E-state index in [1.807, 2.05) is 11.8 Å². The van der Waals surface area contributed by atoms with Crippen LogP contribution < -0.4 is 5.32 Å². The largest absolute Gasteiger partial charge is 0.362 e. The number of rotatable bonds is 2. The van der Waals surface area contributed by atoms with Crippen LogP contribution in [0.4, 0.5) is 0 Å². The van der Waals surface area contributed by atoms with Gasteiger partial charge in [-0.3, -0.25) is 4.99 Å². The van der Waals surface area contributed by atoms with Crippen LogP contribution in [0, 0.1) is 0 Å². The second-order valence-corrected chi connectivity index (χ2v) is 6.27.